The Morgan fingerprint density at radius 1 is 1.31 bits per heavy atom. The first-order valence-corrected chi connectivity index (χ1v) is 10.3. The third-order valence-corrected chi connectivity index (χ3v) is 5.90. The normalized spacial score (nSPS) is 12.1. The molecule has 136 valence electrons. The van der Waals surface area contributed by atoms with E-state index in [0.29, 0.717) is 10.9 Å². The third-order valence-electron chi connectivity index (χ3n) is 4.17. The molecule has 0 fully saturated rings. The van der Waals surface area contributed by atoms with Crippen LogP contribution in [-0.2, 0) is 11.2 Å². The Hall–Kier alpha value is -2.12. The van der Waals surface area contributed by atoms with Crippen LogP contribution in [0.25, 0.3) is 0 Å². The van der Waals surface area contributed by atoms with E-state index in [0.717, 1.165) is 17.8 Å². The second-order valence-corrected chi connectivity index (χ2v) is 8.22. The third kappa shape index (κ3) is 4.95. The van der Waals surface area contributed by atoms with Crippen molar-refractivity contribution >= 4 is 29.0 Å². The van der Waals surface area contributed by atoms with E-state index in [9.17, 15) is 4.79 Å². The maximum Gasteiger partial charge on any atom is 0.230 e. The zero-order chi connectivity index (χ0) is 18.5. The van der Waals surface area contributed by atoms with E-state index in [-0.39, 0.29) is 11.9 Å². The number of aromatic amines is 1. The number of nitrogens with zero attached hydrogens (tertiary/aromatic N) is 2. The zero-order valence-corrected chi connectivity index (χ0v) is 16.7. The second-order valence-electron chi connectivity index (χ2n) is 6.24. The Kier molecular flexibility index (Phi) is 6.11. The van der Waals surface area contributed by atoms with Crippen LogP contribution in [0.15, 0.2) is 40.9 Å². The van der Waals surface area contributed by atoms with E-state index in [2.05, 4.69) is 58.6 Å². The van der Waals surface area contributed by atoms with Crippen LogP contribution in [0.3, 0.4) is 0 Å². The van der Waals surface area contributed by atoms with Gasteiger partial charge in [-0.1, -0.05) is 36.0 Å². The van der Waals surface area contributed by atoms with Gasteiger partial charge in [-0.2, -0.15) is 0 Å². The van der Waals surface area contributed by atoms with Crippen LogP contribution in [0.4, 0.5) is 0 Å². The molecule has 0 aliphatic heterocycles. The number of nitrogens with one attached hydrogen (secondary N) is 2. The van der Waals surface area contributed by atoms with Crippen LogP contribution in [0, 0.1) is 13.8 Å². The molecular weight excluding hydrogens is 364 g/mol. The van der Waals surface area contributed by atoms with E-state index in [1.54, 1.807) is 11.3 Å². The molecule has 0 saturated heterocycles. The Balaban J connectivity index is 1.49. The van der Waals surface area contributed by atoms with Crippen molar-refractivity contribution in [3.63, 3.8) is 0 Å². The summed E-state index contributed by atoms with van der Waals surface area (Å²) in [5.41, 5.74) is 3.60. The van der Waals surface area contributed by atoms with E-state index < -0.39 is 0 Å². The van der Waals surface area contributed by atoms with Crippen molar-refractivity contribution < 1.29 is 4.79 Å². The number of carbonyl (C=O) groups is 1. The summed E-state index contributed by atoms with van der Waals surface area (Å²) in [7, 11) is 0. The summed E-state index contributed by atoms with van der Waals surface area (Å²) >= 11 is 3.04. The van der Waals surface area contributed by atoms with Gasteiger partial charge in [0, 0.05) is 11.3 Å². The largest absolute Gasteiger partial charge is 0.349 e. The number of thiophene rings is 1. The van der Waals surface area contributed by atoms with Crippen molar-refractivity contribution in [1.82, 2.24) is 20.5 Å². The molecular formula is C19H22N4OS2. The average molecular weight is 387 g/mol. The van der Waals surface area contributed by atoms with Crippen LogP contribution in [0.1, 0.15) is 40.4 Å². The number of rotatable bonds is 7. The lowest BCUT2D eigenvalue weighted by Crippen LogP contribution is -2.28. The molecule has 0 radical (unpaired) electrons. The monoisotopic (exact) mass is 386 g/mol. The highest BCUT2D eigenvalue weighted by molar-refractivity contribution is 7.99. The fourth-order valence-corrected chi connectivity index (χ4v) is 3.87. The molecule has 0 aliphatic rings. The molecule has 3 rings (SSSR count). The van der Waals surface area contributed by atoms with Gasteiger partial charge in [0.15, 0.2) is 0 Å². The summed E-state index contributed by atoms with van der Waals surface area (Å²) in [5.74, 6) is 1.09. The first-order chi connectivity index (χ1) is 12.5. The lowest BCUT2D eigenvalue weighted by Gasteiger charge is -2.15. The average Bonchev–Trinajstić information content (AvgIpc) is 3.28. The molecule has 7 heteroatoms. The molecule has 26 heavy (non-hydrogen) atoms. The van der Waals surface area contributed by atoms with Gasteiger partial charge in [0.2, 0.25) is 11.1 Å². The van der Waals surface area contributed by atoms with Crippen LogP contribution < -0.4 is 5.32 Å². The van der Waals surface area contributed by atoms with Gasteiger partial charge in [0.05, 0.1) is 11.8 Å². The van der Waals surface area contributed by atoms with Gasteiger partial charge >= 0.3 is 0 Å². The number of hydrogen-bond acceptors (Lipinski definition) is 5. The molecule has 0 aliphatic carbocycles. The van der Waals surface area contributed by atoms with Crippen LogP contribution in [0.2, 0.25) is 0 Å². The molecule has 2 N–H and O–H groups in total. The first-order valence-electron chi connectivity index (χ1n) is 8.44. The predicted molar refractivity (Wildman–Crippen MR) is 107 cm³/mol. The van der Waals surface area contributed by atoms with Gasteiger partial charge in [0.25, 0.3) is 0 Å². The molecule has 5 nitrogen and oxygen atoms in total. The number of H-pyrrole nitrogens is 1. The SMILES string of the molecule is Cc1ccc(C(C)NC(=O)CSc2n[nH]c(Cc3cccs3)n2)cc1C. The van der Waals surface area contributed by atoms with Crippen molar-refractivity contribution in [3.8, 4) is 0 Å². The summed E-state index contributed by atoms with van der Waals surface area (Å²) < 4.78 is 0. The highest BCUT2D eigenvalue weighted by Gasteiger charge is 2.12. The highest BCUT2D eigenvalue weighted by Crippen LogP contribution is 2.18. The number of hydrogen-bond donors (Lipinski definition) is 2. The summed E-state index contributed by atoms with van der Waals surface area (Å²) in [6.07, 6.45) is 0.737. The number of thioether (sulfide) groups is 1. The lowest BCUT2D eigenvalue weighted by atomic mass is 10.0. The van der Waals surface area contributed by atoms with Crippen molar-refractivity contribution in [2.75, 3.05) is 5.75 Å². The smallest absolute Gasteiger partial charge is 0.230 e. The Labute approximate surface area is 161 Å². The minimum Gasteiger partial charge on any atom is -0.349 e. The van der Waals surface area contributed by atoms with E-state index >= 15 is 0 Å². The summed E-state index contributed by atoms with van der Waals surface area (Å²) in [5, 5.41) is 12.8. The van der Waals surface area contributed by atoms with Crippen molar-refractivity contribution in [1.29, 1.82) is 0 Å². The summed E-state index contributed by atoms with van der Waals surface area (Å²) in [4.78, 5) is 17.9. The van der Waals surface area contributed by atoms with E-state index in [1.807, 2.05) is 18.4 Å². The van der Waals surface area contributed by atoms with Gasteiger partial charge in [0.1, 0.15) is 5.82 Å². The quantitative estimate of drug-likeness (QED) is 0.601. The number of amides is 1. The molecule has 1 aromatic carbocycles. The summed E-state index contributed by atoms with van der Waals surface area (Å²) in [6.45, 7) is 6.17. The minimum absolute atomic E-state index is 0.0228. The predicted octanol–water partition coefficient (Wildman–Crippen LogP) is 4.04. The number of carbonyl (C=O) groups excluding carboxylic acids is 1. The zero-order valence-electron chi connectivity index (χ0n) is 15.1. The fraction of sp³-hybridized carbons (Fsp3) is 0.316. The number of aromatic nitrogens is 3. The highest BCUT2D eigenvalue weighted by atomic mass is 32.2. The lowest BCUT2D eigenvalue weighted by molar-refractivity contribution is -0.119. The fourth-order valence-electron chi connectivity index (χ4n) is 2.53. The Bertz CT molecular complexity index is 874. The minimum atomic E-state index is -0.0241. The van der Waals surface area contributed by atoms with Crippen LogP contribution >= 0.6 is 23.1 Å². The second kappa shape index (κ2) is 8.51. The standard InChI is InChI=1S/C19H22N4OS2/c1-12-6-7-15(9-13(12)2)14(3)20-18(24)11-26-19-21-17(22-23-19)10-16-5-4-8-25-16/h4-9,14H,10-11H2,1-3H3,(H,20,24)(H,21,22,23). The maximum atomic E-state index is 12.2. The van der Waals surface area contributed by atoms with Gasteiger partial charge in [-0.05, 0) is 48.9 Å². The van der Waals surface area contributed by atoms with Gasteiger partial charge in [-0.15, -0.1) is 16.4 Å². The Morgan fingerprint density at radius 3 is 2.88 bits per heavy atom. The van der Waals surface area contributed by atoms with E-state index in [1.165, 1.54) is 27.8 Å². The number of aryl methyl sites for hydroxylation is 2. The molecule has 1 amide bonds. The molecule has 2 heterocycles. The number of benzene rings is 1. The molecule has 1 atom stereocenters. The van der Waals surface area contributed by atoms with Crippen LogP contribution in [-0.4, -0.2) is 26.8 Å². The van der Waals surface area contributed by atoms with Crippen molar-refractivity contribution in [3.05, 3.63) is 63.1 Å². The van der Waals surface area contributed by atoms with Crippen molar-refractivity contribution in [2.45, 2.75) is 38.4 Å². The Morgan fingerprint density at radius 2 is 2.15 bits per heavy atom. The van der Waals surface area contributed by atoms with Gasteiger partial charge < -0.3 is 5.32 Å². The maximum absolute atomic E-state index is 12.2. The van der Waals surface area contributed by atoms with E-state index in [4.69, 9.17) is 0 Å². The molecule has 0 saturated carbocycles. The molecule has 0 spiro atoms. The summed E-state index contributed by atoms with van der Waals surface area (Å²) in [6, 6.07) is 10.3. The molecule has 1 unspecified atom stereocenters. The van der Waals surface area contributed by atoms with Gasteiger partial charge in [-0.25, -0.2) is 4.98 Å². The topological polar surface area (TPSA) is 70.7 Å². The molecule has 3 aromatic rings. The van der Waals surface area contributed by atoms with Crippen LogP contribution in [0.5, 0.6) is 0 Å². The first kappa shape index (κ1) is 18.7. The molecule has 2 aromatic heterocycles. The van der Waals surface area contributed by atoms with Gasteiger partial charge in [-0.3, -0.25) is 9.89 Å². The van der Waals surface area contributed by atoms with Crippen molar-refractivity contribution in [2.24, 2.45) is 0 Å². The molecule has 0 bridgehead atoms.